The first-order chi connectivity index (χ1) is 12.2. The van der Waals surface area contributed by atoms with Gasteiger partial charge in [0, 0.05) is 13.7 Å². The van der Waals surface area contributed by atoms with Crippen molar-refractivity contribution in [2.75, 3.05) is 26.9 Å². The van der Waals surface area contributed by atoms with Gasteiger partial charge in [0.25, 0.3) is 5.91 Å². The van der Waals surface area contributed by atoms with E-state index in [1.54, 1.807) is 13.3 Å². The number of methoxy groups -OCH3 is 1. The fourth-order valence-corrected chi connectivity index (χ4v) is 3.67. The van der Waals surface area contributed by atoms with Crippen molar-refractivity contribution in [3.8, 4) is 5.88 Å². The monoisotopic (exact) mass is 347 g/mol. The van der Waals surface area contributed by atoms with Gasteiger partial charge in [0.05, 0.1) is 43.9 Å². The molecule has 25 heavy (non-hydrogen) atoms. The largest absolute Gasteiger partial charge is 0.476 e. The number of aromatic nitrogens is 2. The van der Waals surface area contributed by atoms with Gasteiger partial charge in [-0.05, 0) is 38.0 Å². The molecule has 1 aliphatic heterocycles. The molecule has 3 unspecified atom stereocenters. The normalized spacial score (nSPS) is 29.2. The van der Waals surface area contributed by atoms with Crippen LogP contribution in [0.25, 0.3) is 0 Å². The molecule has 1 saturated heterocycles. The molecule has 2 saturated carbocycles. The van der Waals surface area contributed by atoms with Crippen LogP contribution in [0.15, 0.2) is 12.4 Å². The lowest BCUT2D eigenvalue weighted by Crippen LogP contribution is -2.57. The Kier molecular flexibility index (Phi) is 4.85. The molecule has 0 bridgehead atoms. The second kappa shape index (κ2) is 7.25. The lowest BCUT2D eigenvalue weighted by Gasteiger charge is -2.45. The van der Waals surface area contributed by atoms with Crippen molar-refractivity contribution < 1.29 is 19.0 Å². The maximum Gasteiger partial charge on any atom is 0.274 e. The van der Waals surface area contributed by atoms with E-state index in [1.807, 2.05) is 4.90 Å². The molecule has 0 radical (unpaired) electrons. The summed E-state index contributed by atoms with van der Waals surface area (Å²) in [5, 5.41) is 0. The van der Waals surface area contributed by atoms with Crippen LogP contribution in [-0.4, -0.2) is 65.9 Å². The van der Waals surface area contributed by atoms with Gasteiger partial charge in [-0.25, -0.2) is 9.97 Å². The molecule has 3 aliphatic rings. The van der Waals surface area contributed by atoms with Gasteiger partial charge in [-0.15, -0.1) is 0 Å². The zero-order valence-electron chi connectivity index (χ0n) is 14.6. The van der Waals surface area contributed by atoms with Crippen LogP contribution >= 0.6 is 0 Å². The van der Waals surface area contributed by atoms with Crippen LogP contribution in [0.2, 0.25) is 0 Å². The van der Waals surface area contributed by atoms with Gasteiger partial charge in [0.1, 0.15) is 5.69 Å². The molecule has 3 fully saturated rings. The molecule has 4 rings (SSSR count). The summed E-state index contributed by atoms with van der Waals surface area (Å²) in [5.41, 5.74) is 0.360. The van der Waals surface area contributed by atoms with Crippen molar-refractivity contribution in [1.82, 2.24) is 14.9 Å². The fourth-order valence-electron chi connectivity index (χ4n) is 3.67. The molecular formula is C18H25N3O4. The Morgan fingerprint density at radius 3 is 2.88 bits per heavy atom. The van der Waals surface area contributed by atoms with Crippen LogP contribution in [0.3, 0.4) is 0 Å². The standard InChI is InChI=1S/C18H25N3O4/c1-23-13-4-5-16-15(8-13)21(6-7-24-16)18(22)14-9-20-17(10-19-14)25-11-12-2-3-12/h9-10,12-13,15-16H,2-8,11H2,1H3. The number of morpholine rings is 1. The van der Waals surface area contributed by atoms with Crippen molar-refractivity contribution >= 4 is 5.91 Å². The van der Waals surface area contributed by atoms with Crippen LogP contribution in [0.4, 0.5) is 0 Å². The summed E-state index contributed by atoms with van der Waals surface area (Å²) in [4.78, 5) is 23.3. The number of carbonyl (C=O) groups excluding carboxylic acids is 1. The summed E-state index contributed by atoms with van der Waals surface area (Å²) >= 11 is 0. The number of carbonyl (C=O) groups is 1. The molecule has 0 spiro atoms. The van der Waals surface area contributed by atoms with Crippen molar-refractivity contribution in [3.63, 3.8) is 0 Å². The van der Waals surface area contributed by atoms with E-state index in [4.69, 9.17) is 14.2 Å². The number of ether oxygens (including phenoxy) is 3. The van der Waals surface area contributed by atoms with E-state index in [2.05, 4.69) is 9.97 Å². The van der Waals surface area contributed by atoms with Crippen molar-refractivity contribution in [2.24, 2.45) is 5.92 Å². The summed E-state index contributed by atoms with van der Waals surface area (Å²) in [7, 11) is 1.73. The van der Waals surface area contributed by atoms with E-state index in [9.17, 15) is 4.79 Å². The van der Waals surface area contributed by atoms with Gasteiger partial charge in [-0.2, -0.15) is 0 Å². The highest BCUT2D eigenvalue weighted by atomic mass is 16.5. The first-order valence-corrected chi connectivity index (χ1v) is 9.15. The first-order valence-electron chi connectivity index (χ1n) is 9.15. The van der Waals surface area contributed by atoms with Gasteiger partial charge < -0.3 is 19.1 Å². The summed E-state index contributed by atoms with van der Waals surface area (Å²) < 4.78 is 17.0. The lowest BCUT2D eigenvalue weighted by molar-refractivity contribution is -0.101. The van der Waals surface area contributed by atoms with E-state index >= 15 is 0 Å². The summed E-state index contributed by atoms with van der Waals surface area (Å²) in [6.07, 6.45) is 8.51. The second-order valence-corrected chi connectivity index (χ2v) is 7.14. The number of fused-ring (bicyclic) bond motifs is 1. The molecule has 7 heteroatoms. The van der Waals surface area contributed by atoms with Crippen molar-refractivity contribution in [2.45, 2.75) is 50.4 Å². The summed E-state index contributed by atoms with van der Waals surface area (Å²) in [6, 6.07) is 0.0487. The maximum absolute atomic E-state index is 12.9. The minimum atomic E-state index is -0.0868. The van der Waals surface area contributed by atoms with Crippen LogP contribution in [0, 0.1) is 5.92 Å². The zero-order chi connectivity index (χ0) is 17.2. The average molecular weight is 347 g/mol. The van der Waals surface area contributed by atoms with Gasteiger partial charge in [-0.3, -0.25) is 4.79 Å². The van der Waals surface area contributed by atoms with E-state index < -0.39 is 0 Å². The zero-order valence-corrected chi connectivity index (χ0v) is 14.6. The smallest absolute Gasteiger partial charge is 0.274 e. The summed E-state index contributed by atoms with van der Waals surface area (Å²) in [5.74, 6) is 1.06. The fraction of sp³-hybridized carbons (Fsp3) is 0.722. The Morgan fingerprint density at radius 1 is 1.28 bits per heavy atom. The van der Waals surface area contributed by atoms with Gasteiger partial charge in [-0.1, -0.05) is 0 Å². The Hall–Kier alpha value is -1.73. The minimum absolute atomic E-state index is 0.0487. The van der Waals surface area contributed by atoms with E-state index in [1.165, 1.54) is 19.0 Å². The summed E-state index contributed by atoms with van der Waals surface area (Å²) in [6.45, 7) is 1.84. The number of hydrogen-bond acceptors (Lipinski definition) is 6. The Morgan fingerprint density at radius 2 is 2.16 bits per heavy atom. The van der Waals surface area contributed by atoms with Crippen LogP contribution in [0.1, 0.15) is 42.6 Å². The Bertz CT molecular complexity index is 605. The number of rotatable bonds is 5. The number of hydrogen-bond donors (Lipinski definition) is 0. The third-order valence-corrected chi connectivity index (χ3v) is 5.38. The SMILES string of the molecule is COC1CCC2OCCN(C(=O)c3cnc(OCC4CC4)cn3)C2C1. The second-order valence-electron chi connectivity index (χ2n) is 7.14. The van der Waals surface area contributed by atoms with Crippen LogP contribution in [0.5, 0.6) is 5.88 Å². The highest BCUT2D eigenvalue weighted by Crippen LogP contribution is 2.31. The molecule has 3 atom stereocenters. The predicted octanol–water partition coefficient (Wildman–Crippen LogP) is 1.67. The van der Waals surface area contributed by atoms with E-state index in [-0.39, 0.29) is 24.2 Å². The van der Waals surface area contributed by atoms with Crippen molar-refractivity contribution in [1.29, 1.82) is 0 Å². The quantitative estimate of drug-likeness (QED) is 0.807. The van der Waals surface area contributed by atoms with Gasteiger partial charge >= 0.3 is 0 Å². The average Bonchev–Trinajstić information content (AvgIpc) is 3.50. The minimum Gasteiger partial charge on any atom is -0.476 e. The molecule has 2 heterocycles. The van der Waals surface area contributed by atoms with E-state index in [0.717, 1.165) is 19.3 Å². The van der Waals surface area contributed by atoms with Gasteiger partial charge in [0.2, 0.25) is 5.88 Å². The maximum atomic E-state index is 12.9. The molecule has 136 valence electrons. The third-order valence-electron chi connectivity index (χ3n) is 5.38. The number of nitrogens with zero attached hydrogens (tertiary/aromatic N) is 3. The van der Waals surface area contributed by atoms with Crippen LogP contribution < -0.4 is 4.74 Å². The Balaban J connectivity index is 1.43. The third kappa shape index (κ3) is 3.77. The van der Waals surface area contributed by atoms with Crippen LogP contribution in [-0.2, 0) is 9.47 Å². The lowest BCUT2D eigenvalue weighted by atomic mass is 9.88. The van der Waals surface area contributed by atoms with E-state index in [0.29, 0.717) is 37.3 Å². The number of amides is 1. The molecule has 7 nitrogen and oxygen atoms in total. The molecule has 2 aliphatic carbocycles. The molecule has 0 N–H and O–H groups in total. The molecule has 1 aromatic heterocycles. The highest BCUT2D eigenvalue weighted by molar-refractivity contribution is 5.92. The molecular weight excluding hydrogens is 322 g/mol. The van der Waals surface area contributed by atoms with Crippen molar-refractivity contribution in [3.05, 3.63) is 18.1 Å². The first kappa shape index (κ1) is 16.7. The van der Waals surface area contributed by atoms with Gasteiger partial charge in [0.15, 0.2) is 0 Å². The molecule has 1 aromatic rings. The predicted molar refractivity (Wildman–Crippen MR) is 89.5 cm³/mol. The Labute approximate surface area is 147 Å². The highest BCUT2D eigenvalue weighted by Gasteiger charge is 2.40. The topological polar surface area (TPSA) is 73.8 Å². The molecule has 0 aromatic carbocycles. The molecule has 1 amide bonds.